The first-order valence-electron chi connectivity index (χ1n) is 13.5. The molecule has 2 saturated heterocycles. The van der Waals surface area contributed by atoms with E-state index in [1.165, 1.54) is 45.2 Å². The molecule has 3 aromatic heterocycles. The summed E-state index contributed by atoms with van der Waals surface area (Å²) in [6, 6.07) is 8.81. The van der Waals surface area contributed by atoms with Crippen molar-refractivity contribution in [2.24, 2.45) is 7.05 Å². The van der Waals surface area contributed by atoms with Crippen LogP contribution in [-0.2, 0) is 7.05 Å². The van der Waals surface area contributed by atoms with Gasteiger partial charge in [-0.25, -0.2) is 4.98 Å². The highest BCUT2D eigenvalue weighted by molar-refractivity contribution is 6.35. The van der Waals surface area contributed by atoms with Crippen molar-refractivity contribution in [2.75, 3.05) is 46.4 Å². The van der Waals surface area contributed by atoms with Crippen LogP contribution in [0.25, 0.3) is 33.2 Å². The van der Waals surface area contributed by atoms with Gasteiger partial charge in [0, 0.05) is 60.1 Å². The van der Waals surface area contributed by atoms with Gasteiger partial charge >= 0.3 is 0 Å². The number of nitrogens with zero attached hydrogens (tertiary/aromatic N) is 4. The molecule has 0 amide bonds. The van der Waals surface area contributed by atoms with Gasteiger partial charge in [-0.1, -0.05) is 18.0 Å². The highest BCUT2D eigenvalue weighted by Crippen LogP contribution is 2.39. The van der Waals surface area contributed by atoms with Gasteiger partial charge in [0.2, 0.25) is 0 Å². The number of rotatable bonds is 7. The van der Waals surface area contributed by atoms with Crippen molar-refractivity contribution >= 4 is 33.5 Å². The molecule has 2 aliphatic heterocycles. The highest BCUT2D eigenvalue weighted by Gasteiger charge is 2.25. The summed E-state index contributed by atoms with van der Waals surface area (Å²) in [5.74, 6) is 1.53. The molecule has 0 aliphatic carbocycles. The van der Waals surface area contributed by atoms with E-state index in [9.17, 15) is 0 Å². The number of aromatic nitrogens is 3. The number of ether oxygens (including phenoxy) is 2. The average Bonchev–Trinajstić information content (AvgIpc) is 3.51. The van der Waals surface area contributed by atoms with E-state index >= 15 is 0 Å². The summed E-state index contributed by atoms with van der Waals surface area (Å²) in [5.41, 5.74) is 3.93. The molecular formula is C29H36ClN5O2. The molecule has 5 heterocycles. The predicted molar refractivity (Wildman–Crippen MR) is 150 cm³/mol. The van der Waals surface area contributed by atoms with Gasteiger partial charge < -0.3 is 23.9 Å². The highest BCUT2D eigenvalue weighted by atomic mass is 35.5. The quantitative estimate of drug-likeness (QED) is 0.337. The van der Waals surface area contributed by atoms with E-state index in [1.54, 1.807) is 13.3 Å². The molecule has 1 N–H and O–H groups in total. The van der Waals surface area contributed by atoms with Crippen LogP contribution in [0.5, 0.6) is 11.5 Å². The van der Waals surface area contributed by atoms with Crippen LogP contribution in [0.2, 0.25) is 5.02 Å². The minimum atomic E-state index is 0.652. The Labute approximate surface area is 223 Å². The second kappa shape index (κ2) is 10.6. The van der Waals surface area contributed by atoms with Crippen molar-refractivity contribution in [1.29, 1.82) is 0 Å². The molecule has 0 unspecified atom stereocenters. The predicted octanol–water partition coefficient (Wildman–Crippen LogP) is 5.71. The van der Waals surface area contributed by atoms with E-state index in [0.29, 0.717) is 11.6 Å². The Morgan fingerprint density at radius 1 is 1.03 bits per heavy atom. The molecule has 0 atom stereocenters. The fourth-order valence-corrected chi connectivity index (χ4v) is 6.29. The lowest BCUT2D eigenvalue weighted by atomic mass is 10.00. The second-order valence-electron chi connectivity index (χ2n) is 10.4. The molecule has 2 fully saturated rings. The van der Waals surface area contributed by atoms with E-state index < -0.39 is 0 Å². The molecule has 196 valence electrons. The van der Waals surface area contributed by atoms with Crippen LogP contribution >= 0.6 is 11.6 Å². The fourth-order valence-electron chi connectivity index (χ4n) is 6.09. The first-order valence-corrected chi connectivity index (χ1v) is 13.9. The summed E-state index contributed by atoms with van der Waals surface area (Å²) >= 11 is 6.39. The number of nitrogens with one attached hydrogen (secondary N) is 1. The fraction of sp³-hybridized carbons (Fsp3) is 0.483. The standard InChI is InChI=1S/C29H36ClN5O2/c1-33-19-23(25-16-22-24(30)6-9-31-29(22)32-25)21-17-27(36-2)28(18-26(21)33)37-15-14-34-12-7-20(8-13-34)35-10-4-3-5-11-35/h6,9,16-20H,3-5,7-8,10-15H2,1-2H3,(H,31,32). The molecule has 37 heavy (non-hydrogen) atoms. The number of aryl methyl sites for hydroxylation is 1. The lowest BCUT2D eigenvalue weighted by Crippen LogP contribution is -2.47. The van der Waals surface area contributed by atoms with Gasteiger partial charge in [0.1, 0.15) is 12.3 Å². The third kappa shape index (κ3) is 4.92. The Balaban J connectivity index is 1.14. The summed E-state index contributed by atoms with van der Waals surface area (Å²) in [7, 11) is 3.76. The summed E-state index contributed by atoms with van der Waals surface area (Å²) in [6.45, 7) is 6.50. The Hall–Kier alpha value is -2.74. The van der Waals surface area contributed by atoms with Gasteiger partial charge in [-0.05, 0) is 70.1 Å². The van der Waals surface area contributed by atoms with Crippen LogP contribution in [0, 0.1) is 0 Å². The van der Waals surface area contributed by atoms with Crippen molar-refractivity contribution in [3.8, 4) is 22.8 Å². The third-order valence-electron chi connectivity index (χ3n) is 8.17. The number of benzene rings is 1. The van der Waals surface area contributed by atoms with E-state index in [-0.39, 0.29) is 0 Å². The summed E-state index contributed by atoms with van der Waals surface area (Å²) < 4.78 is 14.2. The Morgan fingerprint density at radius 2 is 1.84 bits per heavy atom. The number of hydrogen-bond donors (Lipinski definition) is 1. The SMILES string of the molecule is COc1cc2c(-c3cc4c(Cl)ccnc4[nH]3)cn(C)c2cc1OCCN1CCC(N2CCCCC2)CC1. The first-order chi connectivity index (χ1) is 18.1. The molecular weight excluding hydrogens is 486 g/mol. The topological polar surface area (TPSA) is 58.5 Å². The maximum Gasteiger partial charge on any atom is 0.163 e. The summed E-state index contributed by atoms with van der Waals surface area (Å²) in [4.78, 5) is 13.1. The lowest BCUT2D eigenvalue weighted by molar-refractivity contribution is 0.0855. The molecule has 0 bridgehead atoms. The van der Waals surface area contributed by atoms with Crippen molar-refractivity contribution in [1.82, 2.24) is 24.3 Å². The molecule has 1 aromatic carbocycles. The van der Waals surface area contributed by atoms with E-state index in [0.717, 1.165) is 70.4 Å². The monoisotopic (exact) mass is 521 g/mol. The Morgan fingerprint density at radius 3 is 2.59 bits per heavy atom. The van der Waals surface area contributed by atoms with Crippen LogP contribution in [-0.4, -0.2) is 76.8 Å². The number of H-pyrrole nitrogens is 1. The van der Waals surface area contributed by atoms with Gasteiger partial charge in [-0.15, -0.1) is 0 Å². The number of piperidine rings is 2. The van der Waals surface area contributed by atoms with Gasteiger partial charge in [0.25, 0.3) is 0 Å². The third-order valence-corrected chi connectivity index (χ3v) is 8.50. The van der Waals surface area contributed by atoms with Crippen LogP contribution < -0.4 is 9.47 Å². The zero-order valence-corrected chi connectivity index (χ0v) is 22.6. The van der Waals surface area contributed by atoms with Crippen LogP contribution in [0.3, 0.4) is 0 Å². The van der Waals surface area contributed by atoms with Crippen molar-refractivity contribution in [3.63, 3.8) is 0 Å². The number of fused-ring (bicyclic) bond motifs is 2. The number of aromatic amines is 1. The largest absolute Gasteiger partial charge is 0.493 e. The zero-order chi connectivity index (χ0) is 25.4. The molecule has 0 saturated carbocycles. The molecule has 0 radical (unpaired) electrons. The lowest BCUT2D eigenvalue weighted by Gasteiger charge is -2.40. The Bertz CT molecular complexity index is 1380. The average molecular weight is 522 g/mol. The molecule has 2 aliphatic rings. The molecule has 6 rings (SSSR count). The van der Waals surface area contributed by atoms with Crippen LogP contribution in [0.4, 0.5) is 0 Å². The minimum absolute atomic E-state index is 0.652. The summed E-state index contributed by atoms with van der Waals surface area (Å²) in [5, 5.41) is 2.70. The number of methoxy groups -OCH3 is 1. The maximum absolute atomic E-state index is 6.39. The van der Waals surface area contributed by atoms with Crippen molar-refractivity contribution in [2.45, 2.75) is 38.1 Å². The van der Waals surface area contributed by atoms with E-state index in [1.807, 2.05) is 6.07 Å². The van der Waals surface area contributed by atoms with Crippen molar-refractivity contribution < 1.29 is 9.47 Å². The molecule has 7 nitrogen and oxygen atoms in total. The van der Waals surface area contributed by atoms with E-state index in [2.05, 4.69) is 55.8 Å². The van der Waals surface area contributed by atoms with Crippen molar-refractivity contribution in [3.05, 3.63) is 41.7 Å². The van der Waals surface area contributed by atoms with E-state index in [4.69, 9.17) is 21.1 Å². The van der Waals surface area contributed by atoms with Gasteiger partial charge in [-0.2, -0.15) is 0 Å². The minimum Gasteiger partial charge on any atom is -0.493 e. The van der Waals surface area contributed by atoms with Crippen LogP contribution in [0.15, 0.2) is 36.7 Å². The number of halogens is 1. The normalized spacial score (nSPS) is 18.1. The van der Waals surface area contributed by atoms with Gasteiger partial charge in [0.05, 0.1) is 17.6 Å². The molecule has 8 heteroatoms. The number of pyridine rings is 1. The number of hydrogen-bond acceptors (Lipinski definition) is 5. The van der Waals surface area contributed by atoms with Gasteiger partial charge in [0.15, 0.2) is 11.5 Å². The Kier molecular flexibility index (Phi) is 7.02. The molecule has 0 spiro atoms. The number of likely N-dealkylation sites (tertiary alicyclic amines) is 2. The first kappa shape index (κ1) is 24.6. The smallest absolute Gasteiger partial charge is 0.163 e. The van der Waals surface area contributed by atoms with Gasteiger partial charge in [-0.3, -0.25) is 4.90 Å². The summed E-state index contributed by atoms with van der Waals surface area (Å²) in [6.07, 6.45) is 10.5. The van der Waals surface area contributed by atoms with Crippen LogP contribution in [0.1, 0.15) is 32.1 Å². The maximum atomic E-state index is 6.39. The second-order valence-corrected chi connectivity index (χ2v) is 10.8. The molecule has 4 aromatic rings. The zero-order valence-electron chi connectivity index (χ0n) is 21.8.